The van der Waals surface area contributed by atoms with Gasteiger partial charge >= 0.3 is 0 Å². The number of carbonyl (C=O) groups excluding carboxylic acids is 1. The molecular formula is C19H32N4O2. The van der Waals surface area contributed by atoms with E-state index in [4.69, 9.17) is 4.74 Å². The van der Waals surface area contributed by atoms with Gasteiger partial charge < -0.3 is 20.7 Å². The van der Waals surface area contributed by atoms with E-state index in [1.54, 1.807) is 7.05 Å². The molecule has 0 saturated heterocycles. The molecule has 0 aliphatic rings. The van der Waals surface area contributed by atoms with Crippen molar-refractivity contribution in [2.24, 2.45) is 4.99 Å². The molecule has 0 radical (unpaired) electrons. The summed E-state index contributed by atoms with van der Waals surface area (Å²) in [6.07, 6.45) is 3.02. The van der Waals surface area contributed by atoms with Gasteiger partial charge in [-0.05, 0) is 37.5 Å². The molecule has 6 nitrogen and oxygen atoms in total. The van der Waals surface area contributed by atoms with Crippen molar-refractivity contribution in [2.45, 2.75) is 39.7 Å². The van der Waals surface area contributed by atoms with Crippen molar-refractivity contribution in [2.75, 3.05) is 33.4 Å². The smallest absolute Gasteiger partial charge is 0.251 e. The van der Waals surface area contributed by atoms with E-state index in [1.807, 2.05) is 31.2 Å². The van der Waals surface area contributed by atoms with Gasteiger partial charge in [-0.2, -0.15) is 0 Å². The number of unbranched alkanes of at least 4 members (excludes halogenated alkanes) is 1. The molecule has 0 heterocycles. The summed E-state index contributed by atoms with van der Waals surface area (Å²) in [6, 6.07) is 7.64. The highest BCUT2D eigenvalue weighted by molar-refractivity contribution is 5.94. The first kappa shape index (κ1) is 21.0. The Morgan fingerprint density at radius 3 is 2.40 bits per heavy atom. The first-order valence-electron chi connectivity index (χ1n) is 9.10. The van der Waals surface area contributed by atoms with E-state index in [1.165, 1.54) is 0 Å². The van der Waals surface area contributed by atoms with Crippen LogP contribution in [0.3, 0.4) is 0 Å². The van der Waals surface area contributed by atoms with Crippen LogP contribution < -0.4 is 16.0 Å². The summed E-state index contributed by atoms with van der Waals surface area (Å²) in [5.41, 5.74) is 1.79. The molecule has 1 aromatic carbocycles. The van der Waals surface area contributed by atoms with E-state index in [0.717, 1.165) is 57.1 Å². The summed E-state index contributed by atoms with van der Waals surface area (Å²) in [4.78, 5) is 16.2. The van der Waals surface area contributed by atoms with E-state index in [2.05, 4.69) is 27.9 Å². The van der Waals surface area contributed by atoms with E-state index in [0.29, 0.717) is 12.1 Å². The Morgan fingerprint density at radius 2 is 1.76 bits per heavy atom. The van der Waals surface area contributed by atoms with Gasteiger partial charge in [-0.1, -0.05) is 25.5 Å². The topological polar surface area (TPSA) is 74.8 Å². The van der Waals surface area contributed by atoms with Crippen LogP contribution in [0.5, 0.6) is 0 Å². The second-order valence-electron chi connectivity index (χ2n) is 5.71. The van der Waals surface area contributed by atoms with Gasteiger partial charge in [-0.3, -0.25) is 9.79 Å². The molecule has 1 rings (SSSR count). The lowest BCUT2D eigenvalue weighted by atomic mass is 10.1. The molecule has 1 amide bonds. The van der Waals surface area contributed by atoms with Crippen molar-refractivity contribution in [3.8, 4) is 0 Å². The lowest BCUT2D eigenvalue weighted by molar-refractivity contribution is 0.0953. The van der Waals surface area contributed by atoms with Crippen molar-refractivity contribution in [3.05, 3.63) is 35.4 Å². The van der Waals surface area contributed by atoms with E-state index in [9.17, 15) is 4.79 Å². The molecule has 0 spiro atoms. The summed E-state index contributed by atoms with van der Waals surface area (Å²) in [7, 11) is 1.75. The number of nitrogens with one attached hydrogen (secondary N) is 3. The molecule has 0 aromatic heterocycles. The highest BCUT2D eigenvalue weighted by atomic mass is 16.5. The molecule has 3 N–H and O–H groups in total. The molecule has 1 aromatic rings. The fourth-order valence-electron chi connectivity index (χ4n) is 2.19. The standard InChI is InChI=1S/C19H32N4O2/c1-4-6-12-21-18(24)17-10-8-16(9-11-17)15-23-19(20-3)22-13-7-14-25-5-2/h8-11H,4-7,12-15H2,1-3H3,(H,21,24)(H2,20,22,23). The quantitative estimate of drug-likeness (QED) is 0.326. The van der Waals surface area contributed by atoms with Crippen LogP contribution in [0.2, 0.25) is 0 Å². The highest BCUT2D eigenvalue weighted by Crippen LogP contribution is 2.04. The lowest BCUT2D eigenvalue weighted by Crippen LogP contribution is -2.37. The fraction of sp³-hybridized carbons (Fsp3) is 0.579. The van der Waals surface area contributed by atoms with Gasteiger partial charge in [0.1, 0.15) is 0 Å². The number of guanidine groups is 1. The number of nitrogens with zero attached hydrogens (tertiary/aromatic N) is 1. The summed E-state index contributed by atoms with van der Waals surface area (Å²) >= 11 is 0. The molecule has 0 fully saturated rings. The maximum absolute atomic E-state index is 12.0. The maximum atomic E-state index is 12.0. The van der Waals surface area contributed by atoms with Crippen LogP contribution in [0.1, 0.15) is 49.0 Å². The van der Waals surface area contributed by atoms with Gasteiger partial charge in [0, 0.05) is 45.5 Å². The van der Waals surface area contributed by atoms with Gasteiger partial charge in [-0.15, -0.1) is 0 Å². The minimum atomic E-state index is -0.0141. The van der Waals surface area contributed by atoms with Crippen molar-refractivity contribution >= 4 is 11.9 Å². The lowest BCUT2D eigenvalue weighted by Gasteiger charge is -2.12. The fourth-order valence-corrected chi connectivity index (χ4v) is 2.19. The van der Waals surface area contributed by atoms with Crippen molar-refractivity contribution in [1.82, 2.24) is 16.0 Å². The summed E-state index contributed by atoms with van der Waals surface area (Å²) < 4.78 is 5.31. The molecule has 0 saturated carbocycles. The molecule has 0 atom stereocenters. The van der Waals surface area contributed by atoms with Crippen molar-refractivity contribution in [1.29, 1.82) is 0 Å². The SMILES string of the molecule is CCCCNC(=O)c1ccc(CNC(=NC)NCCCOCC)cc1. The summed E-state index contributed by atoms with van der Waals surface area (Å²) in [5, 5.41) is 9.44. The summed E-state index contributed by atoms with van der Waals surface area (Å²) in [6.45, 7) is 7.80. The number of rotatable bonds is 11. The first-order valence-corrected chi connectivity index (χ1v) is 9.10. The third kappa shape index (κ3) is 9.10. The van der Waals surface area contributed by atoms with E-state index >= 15 is 0 Å². The number of amides is 1. The van der Waals surface area contributed by atoms with Crippen molar-refractivity contribution < 1.29 is 9.53 Å². The largest absolute Gasteiger partial charge is 0.382 e. The Kier molecular flexibility index (Phi) is 11.1. The Labute approximate surface area is 151 Å². The van der Waals surface area contributed by atoms with Crippen LogP contribution in [0.15, 0.2) is 29.3 Å². The molecule has 0 aliphatic heterocycles. The summed E-state index contributed by atoms with van der Waals surface area (Å²) in [5.74, 6) is 0.748. The second-order valence-corrected chi connectivity index (χ2v) is 5.71. The number of benzene rings is 1. The average Bonchev–Trinajstić information content (AvgIpc) is 2.64. The first-order chi connectivity index (χ1) is 12.2. The molecule has 6 heteroatoms. The number of hydrogen-bond donors (Lipinski definition) is 3. The molecule has 25 heavy (non-hydrogen) atoms. The number of carbonyl (C=O) groups is 1. The van der Waals surface area contributed by atoms with Gasteiger partial charge in [0.25, 0.3) is 5.91 Å². The van der Waals surface area contributed by atoms with Gasteiger partial charge in [0.15, 0.2) is 5.96 Å². The molecular weight excluding hydrogens is 316 g/mol. The zero-order valence-electron chi connectivity index (χ0n) is 15.7. The van der Waals surface area contributed by atoms with Gasteiger partial charge in [0.2, 0.25) is 0 Å². The Morgan fingerprint density at radius 1 is 1.04 bits per heavy atom. The molecule has 140 valence electrons. The average molecular weight is 348 g/mol. The number of ether oxygens (including phenoxy) is 1. The predicted octanol–water partition coefficient (Wildman–Crippen LogP) is 2.31. The van der Waals surface area contributed by atoms with Crippen LogP contribution in [0.25, 0.3) is 0 Å². The maximum Gasteiger partial charge on any atom is 0.251 e. The zero-order valence-corrected chi connectivity index (χ0v) is 15.7. The second kappa shape index (κ2) is 13.2. The molecule has 0 bridgehead atoms. The van der Waals surface area contributed by atoms with Crippen molar-refractivity contribution in [3.63, 3.8) is 0 Å². The van der Waals surface area contributed by atoms with Crippen LogP contribution >= 0.6 is 0 Å². The Balaban J connectivity index is 2.35. The van der Waals surface area contributed by atoms with Gasteiger partial charge in [0.05, 0.1) is 0 Å². The van der Waals surface area contributed by atoms with Crippen LogP contribution in [0.4, 0.5) is 0 Å². The Bertz CT molecular complexity index is 515. The van der Waals surface area contributed by atoms with Gasteiger partial charge in [-0.25, -0.2) is 0 Å². The third-order valence-corrected chi connectivity index (χ3v) is 3.68. The third-order valence-electron chi connectivity index (χ3n) is 3.68. The Hall–Kier alpha value is -2.08. The number of aliphatic imine (C=N–C) groups is 1. The van der Waals surface area contributed by atoms with Crippen LogP contribution in [0, 0.1) is 0 Å². The highest BCUT2D eigenvalue weighted by Gasteiger charge is 2.04. The molecule has 0 aliphatic carbocycles. The van der Waals surface area contributed by atoms with E-state index in [-0.39, 0.29) is 5.91 Å². The monoisotopic (exact) mass is 348 g/mol. The minimum absolute atomic E-state index is 0.0141. The predicted molar refractivity (Wildman–Crippen MR) is 103 cm³/mol. The van der Waals surface area contributed by atoms with Crippen LogP contribution in [-0.2, 0) is 11.3 Å². The van der Waals surface area contributed by atoms with E-state index < -0.39 is 0 Å². The number of hydrogen-bond acceptors (Lipinski definition) is 3. The normalized spacial score (nSPS) is 11.2. The minimum Gasteiger partial charge on any atom is -0.382 e. The molecule has 0 unspecified atom stereocenters. The zero-order chi connectivity index (χ0) is 18.3. The van der Waals surface area contributed by atoms with Crippen LogP contribution in [-0.4, -0.2) is 45.2 Å².